The highest BCUT2D eigenvalue weighted by atomic mass is 32.2. The molecule has 0 aliphatic rings. The average Bonchev–Trinajstić information content (AvgIpc) is 2.86. The van der Waals surface area contributed by atoms with Crippen LogP contribution in [-0.4, -0.2) is 32.7 Å². The molecule has 0 fully saturated rings. The van der Waals surface area contributed by atoms with Crippen molar-refractivity contribution >= 4 is 43.3 Å². The van der Waals surface area contributed by atoms with Crippen LogP contribution < -0.4 is 14.8 Å². The zero-order chi connectivity index (χ0) is 25.8. The second kappa shape index (κ2) is 10.1. The Kier molecular flexibility index (Phi) is 6.99. The maximum absolute atomic E-state index is 12.9. The molecule has 3 N–H and O–H groups in total. The fraction of sp³-hybridized carbons (Fsp3) is 0.0417. The number of sulfonamides is 2. The van der Waals surface area contributed by atoms with E-state index in [0.717, 1.165) is 0 Å². The Balaban J connectivity index is 1.49. The standard InChI is InChI=1S/C24H21N5O5S2/c1-17-21(9-5-10-22(17)28-35(31,32)19-7-3-2-4-8-19)23(30)27-18-11-13-20(14-12-18)36(33,34)29-24-25-15-6-16-26-24/h2-16,28H,1H3,(H,27,30)(H,25,26,29). The van der Waals surface area contributed by atoms with Gasteiger partial charge in [-0.2, -0.15) is 0 Å². The van der Waals surface area contributed by atoms with Gasteiger partial charge in [0.25, 0.3) is 26.0 Å². The summed E-state index contributed by atoms with van der Waals surface area (Å²) in [6.07, 6.45) is 2.82. The van der Waals surface area contributed by atoms with Gasteiger partial charge in [0.15, 0.2) is 0 Å². The monoisotopic (exact) mass is 523 g/mol. The molecule has 1 amide bonds. The molecule has 4 rings (SSSR count). The summed E-state index contributed by atoms with van der Waals surface area (Å²) >= 11 is 0. The second-order valence-electron chi connectivity index (χ2n) is 7.55. The third kappa shape index (κ3) is 5.67. The molecule has 0 aliphatic carbocycles. The molecule has 10 nitrogen and oxygen atoms in total. The van der Waals surface area contributed by atoms with Gasteiger partial charge in [0.2, 0.25) is 5.95 Å². The van der Waals surface area contributed by atoms with Gasteiger partial charge in [0, 0.05) is 23.6 Å². The van der Waals surface area contributed by atoms with Crippen molar-refractivity contribution in [3.8, 4) is 0 Å². The van der Waals surface area contributed by atoms with Gasteiger partial charge in [-0.1, -0.05) is 24.3 Å². The average molecular weight is 524 g/mol. The number of benzene rings is 3. The van der Waals surface area contributed by atoms with E-state index < -0.39 is 26.0 Å². The number of hydrogen-bond acceptors (Lipinski definition) is 7. The van der Waals surface area contributed by atoms with E-state index in [4.69, 9.17) is 0 Å². The van der Waals surface area contributed by atoms with Crippen molar-refractivity contribution in [1.29, 1.82) is 0 Å². The summed E-state index contributed by atoms with van der Waals surface area (Å²) in [5.74, 6) is -0.548. The molecular formula is C24H21N5O5S2. The Morgan fingerprint density at radius 2 is 1.31 bits per heavy atom. The van der Waals surface area contributed by atoms with Crippen LogP contribution in [0.15, 0.2) is 101 Å². The lowest BCUT2D eigenvalue weighted by Crippen LogP contribution is -2.17. The van der Waals surface area contributed by atoms with Crippen molar-refractivity contribution in [3.63, 3.8) is 0 Å². The van der Waals surface area contributed by atoms with Crippen LogP contribution in [0.5, 0.6) is 0 Å². The molecular weight excluding hydrogens is 502 g/mol. The van der Waals surface area contributed by atoms with Crippen LogP contribution in [0, 0.1) is 6.92 Å². The lowest BCUT2D eigenvalue weighted by atomic mass is 10.1. The van der Waals surface area contributed by atoms with Gasteiger partial charge in [-0.05, 0) is 67.1 Å². The summed E-state index contributed by atoms with van der Waals surface area (Å²) in [6.45, 7) is 1.63. The number of nitrogens with one attached hydrogen (secondary N) is 3. The predicted molar refractivity (Wildman–Crippen MR) is 136 cm³/mol. The Hall–Kier alpha value is -4.29. The van der Waals surface area contributed by atoms with Crippen LogP contribution >= 0.6 is 0 Å². The SMILES string of the molecule is Cc1c(NS(=O)(=O)c2ccccc2)cccc1C(=O)Nc1ccc(S(=O)(=O)Nc2ncccn2)cc1. The van der Waals surface area contributed by atoms with E-state index in [2.05, 4.69) is 24.7 Å². The van der Waals surface area contributed by atoms with Gasteiger partial charge in [0.1, 0.15) is 0 Å². The van der Waals surface area contributed by atoms with Crippen LogP contribution in [0.4, 0.5) is 17.3 Å². The van der Waals surface area contributed by atoms with Gasteiger partial charge >= 0.3 is 0 Å². The lowest BCUT2D eigenvalue weighted by molar-refractivity contribution is 0.102. The van der Waals surface area contributed by atoms with Crippen LogP contribution in [0.25, 0.3) is 0 Å². The summed E-state index contributed by atoms with van der Waals surface area (Å²) in [6, 6.07) is 19.7. The normalized spacial score (nSPS) is 11.5. The predicted octanol–water partition coefficient (Wildman–Crippen LogP) is 3.64. The quantitative estimate of drug-likeness (QED) is 0.319. The van der Waals surface area contributed by atoms with Crippen molar-refractivity contribution in [2.24, 2.45) is 0 Å². The summed E-state index contributed by atoms with van der Waals surface area (Å²) in [7, 11) is -7.75. The van der Waals surface area contributed by atoms with E-state index in [1.54, 1.807) is 49.4 Å². The number of aromatic nitrogens is 2. The Morgan fingerprint density at radius 3 is 1.97 bits per heavy atom. The minimum atomic E-state index is -3.92. The molecule has 0 saturated heterocycles. The molecule has 4 aromatic rings. The molecule has 0 aliphatic heterocycles. The Labute approximate surface area is 208 Å². The molecule has 36 heavy (non-hydrogen) atoms. The number of carbonyl (C=O) groups excluding carboxylic acids is 1. The molecule has 0 spiro atoms. The van der Waals surface area contributed by atoms with Crippen LogP contribution in [0.1, 0.15) is 15.9 Å². The first-order chi connectivity index (χ1) is 17.2. The summed E-state index contributed by atoms with van der Waals surface area (Å²) in [4.78, 5) is 20.6. The zero-order valence-electron chi connectivity index (χ0n) is 18.9. The summed E-state index contributed by atoms with van der Waals surface area (Å²) in [5.41, 5.74) is 1.30. The number of carbonyl (C=O) groups is 1. The van der Waals surface area contributed by atoms with Gasteiger partial charge < -0.3 is 5.32 Å². The van der Waals surface area contributed by atoms with Gasteiger partial charge in [-0.25, -0.2) is 31.5 Å². The summed E-state index contributed by atoms with van der Waals surface area (Å²) < 4.78 is 55.2. The number of anilines is 3. The highest BCUT2D eigenvalue weighted by Crippen LogP contribution is 2.24. The Morgan fingerprint density at radius 1 is 0.694 bits per heavy atom. The van der Waals surface area contributed by atoms with Crippen molar-refractivity contribution < 1.29 is 21.6 Å². The number of amides is 1. The minimum Gasteiger partial charge on any atom is -0.322 e. The molecule has 0 unspecified atom stereocenters. The van der Waals surface area contributed by atoms with Crippen LogP contribution in [0.3, 0.4) is 0 Å². The van der Waals surface area contributed by atoms with E-state index >= 15 is 0 Å². The van der Waals surface area contributed by atoms with E-state index in [9.17, 15) is 21.6 Å². The highest BCUT2D eigenvalue weighted by molar-refractivity contribution is 7.93. The smallest absolute Gasteiger partial charge is 0.264 e. The molecule has 0 radical (unpaired) electrons. The van der Waals surface area contributed by atoms with Crippen LogP contribution in [0.2, 0.25) is 0 Å². The first-order valence-electron chi connectivity index (χ1n) is 10.5. The number of nitrogens with zero attached hydrogens (tertiary/aromatic N) is 2. The van der Waals surface area contributed by atoms with Crippen molar-refractivity contribution in [2.75, 3.05) is 14.8 Å². The summed E-state index contributed by atoms with van der Waals surface area (Å²) in [5, 5.41) is 2.69. The first kappa shape index (κ1) is 24.8. The van der Waals surface area contributed by atoms with Crippen molar-refractivity contribution in [1.82, 2.24) is 9.97 Å². The fourth-order valence-electron chi connectivity index (χ4n) is 3.24. The maximum atomic E-state index is 12.9. The number of hydrogen-bond donors (Lipinski definition) is 3. The molecule has 3 aromatic carbocycles. The maximum Gasteiger partial charge on any atom is 0.264 e. The van der Waals surface area contributed by atoms with Gasteiger partial charge in [-0.3, -0.25) is 9.52 Å². The molecule has 12 heteroatoms. The molecule has 1 aromatic heterocycles. The lowest BCUT2D eigenvalue weighted by Gasteiger charge is -2.14. The van der Waals surface area contributed by atoms with Crippen LogP contribution in [-0.2, 0) is 20.0 Å². The van der Waals surface area contributed by atoms with E-state index in [-0.39, 0.29) is 27.0 Å². The van der Waals surface area contributed by atoms with Crippen molar-refractivity contribution in [3.05, 3.63) is 102 Å². The van der Waals surface area contributed by atoms with E-state index in [1.165, 1.54) is 48.8 Å². The number of rotatable bonds is 8. The topological polar surface area (TPSA) is 147 Å². The minimum absolute atomic E-state index is 0.0403. The molecule has 0 saturated carbocycles. The molecule has 0 bridgehead atoms. The largest absolute Gasteiger partial charge is 0.322 e. The van der Waals surface area contributed by atoms with E-state index in [1.807, 2.05) is 0 Å². The zero-order valence-corrected chi connectivity index (χ0v) is 20.5. The fourth-order valence-corrected chi connectivity index (χ4v) is 5.34. The third-order valence-corrected chi connectivity index (χ3v) is 7.82. The van der Waals surface area contributed by atoms with Gasteiger partial charge in [0.05, 0.1) is 15.5 Å². The third-order valence-electron chi connectivity index (χ3n) is 5.09. The molecule has 0 atom stereocenters. The van der Waals surface area contributed by atoms with Gasteiger partial charge in [-0.15, -0.1) is 0 Å². The molecule has 184 valence electrons. The van der Waals surface area contributed by atoms with E-state index in [0.29, 0.717) is 11.3 Å². The first-order valence-corrected chi connectivity index (χ1v) is 13.5. The Bertz CT molecular complexity index is 1590. The van der Waals surface area contributed by atoms with Crippen molar-refractivity contribution in [2.45, 2.75) is 16.7 Å². The highest BCUT2D eigenvalue weighted by Gasteiger charge is 2.19. The molecule has 1 heterocycles. The second-order valence-corrected chi connectivity index (χ2v) is 10.9.